The minimum absolute atomic E-state index is 0.170. The molecule has 1 saturated heterocycles. The number of furan rings is 1. The summed E-state index contributed by atoms with van der Waals surface area (Å²) in [5.74, 6) is 1.40. The van der Waals surface area contributed by atoms with Crippen LogP contribution in [0.4, 0.5) is 0 Å². The molecule has 1 aliphatic heterocycles. The molecule has 30 heavy (non-hydrogen) atoms. The number of nitrogens with one attached hydrogen (secondary N) is 1. The average Bonchev–Trinajstić information content (AvgIpc) is 3.36. The SMILES string of the molecule is CCOc1cccc2cc(C(C)NC(=O)c3ccc(CN4CCCC4=O)cc3)oc12. The first-order valence-corrected chi connectivity index (χ1v) is 10.4. The fourth-order valence-electron chi connectivity index (χ4n) is 3.74. The van der Waals surface area contributed by atoms with Crippen molar-refractivity contribution in [1.29, 1.82) is 0 Å². The van der Waals surface area contributed by atoms with Crippen LogP contribution >= 0.6 is 0 Å². The average molecular weight is 406 g/mol. The number of hydrogen-bond acceptors (Lipinski definition) is 4. The monoisotopic (exact) mass is 406 g/mol. The van der Waals surface area contributed by atoms with Gasteiger partial charge in [-0.3, -0.25) is 9.59 Å². The molecule has 1 unspecified atom stereocenters. The van der Waals surface area contributed by atoms with Crippen molar-refractivity contribution >= 4 is 22.8 Å². The maximum Gasteiger partial charge on any atom is 0.251 e. The summed E-state index contributed by atoms with van der Waals surface area (Å²) in [6.45, 7) is 5.78. The number of rotatable bonds is 7. The van der Waals surface area contributed by atoms with E-state index < -0.39 is 0 Å². The number of likely N-dealkylation sites (tertiary alicyclic amines) is 1. The Morgan fingerprint density at radius 2 is 2.03 bits per heavy atom. The first-order valence-electron chi connectivity index (χ1n) is 10.4. The van der Waals surface area contributed by atoms with Crippen molar-refractivity contribution in [2.75, 3.05) is 13.2 Å². The van der Waals surface area contributed by atoms with Gasteiger partial charge in [-0.1, -0.05) is 24.3 Å². The van der Waals surface area contributed by atoms with Gasteiger partial charge in [0.2, 0.25) is 5.91 Å². The Labute approximate surface area is 175 Å². The molecule has 3 aromatic rings. The Kier molecular flexibility index (Phi) is 5.74. The van der Waals surface area contributed by atoms with E-state index in [0.29, 0.717) is 42.2 Å². The summed E-state index contributed by atoms with van der Waals surface area (Å²) in [6, 6.07) is 14.8. The molecular formula is C24H26N2O4. The fourth-order valence-corrected chi connectivity index (χ4v) is 3.74. The molecule has 0 bridgehead atoms. The number of benzene rings is 2. The van der Waals surface area contributed by atoms with Crippen LogP contribution in [0.1, 0.15) is 54.4 Å². The summed E-state index contributed by atoms with van der Waals surface area (Å²) >= 11 is 0. The number of amides is 2. The second kappa shape index (κ2) is 8.61. The standard InChI is InChI=1S/C24H26N2O4/c1-3-29-20-7-4-6-19-14-21(30-23(19)20)16(2)25-24(28)18-11-9-17(10-12-18)15-26-13-5-8-22(26)27/h4,6-7,9-12,14,16H,3,5,8,13,15H2,1-2H3,(H,25,28). The molecule has 0 radical (unpaired) electrons. The smallest absolute Gasteiger partial charge is 0.251 e. The van der Waals surface area contributed by atoms with Gasteiger partial charge in [0.1, 0.15) is 5.76 Å². The molecular weight excluding hydrogens is 380 g/mol. The molecule has 156 valence electrons. The van der Waals surface area contributed by atoms with Crippen molar-refractivity contribution in [3.05, 3.63) is 65.4 Å². The van der Waals surface area contributed by atoms with Crippen LogP contribution in [0.15, 0.2) is 52.9 Å². The Balaban J connectivity index is 1.42. The Morgan fingerprint density at radius 3 is 2.73 bits per heavy atom. The summed E-state index contributed by atoms with van der Waals surface area (Å²) in [5.41, 5.74) is 2.29. The molecule has 0 spiro atoms. The minimum atomic E-state index is -0.290. The molecule has 0 aliphatic carbocycles. The van der Waals surface area contributed by atoms with E-state index in [4.69, 9.17) is 9.15 Å². The van der Waals surface area contributed by atoms with Gasteiger partial charge in [-0.05, 0) is 50.1 Å². The maximum atomic E-state index is 12.7. The largest absolute Gasteiger partial charge is 0.490 e. The third-order valence-electron chi connectivity index (χ3n) is 5.36. The first-order chi connectivity index (χ1) is 14.5. The summed E-state index contributed by atoms with van der Waals surface area (Å²) < 4.78 is 11.6. The van der Waals surface area contributed by atoms with Crippen LogP contribution in [-0.2, 0) is 11.3 Å². The second-order valence-electron chi connectivity index (χ2n) is 7.57. The zero-order chi connectivity index (χ0) is 21.1. The highest BCUT2D eigenvalue weighted by atomic mass is 16.5. The first kappa shape index (κ1) is 20.0. The normalized spacial score (nSPS) is 14.9. The molecule has 1 N–H and O–H groups in total. The topological polar surface area (TPSA) is 71.8 Å². The number of carbonyl (C=O) groups excluding carboxylic acids is 2. The molecule has 2 amide bonds. The van der Waals surface area contributed by atoms with E-state index in [1.807, 2.05) is 55.1 Å². The van der Waals surface area contributed by atoms with E-state index >= 15 is 0 Å². The molecule has 0 saturated carbocycles. The predicted molar refractivity (Wildman–Crippen MR) is 114 cm³/mol. The third kappa shape index (κ3) is 4.17. The molecule has 1 aliphatic rings. The number of para-hydroxylation sites is 1. The predicted octanol–water partition coefficient (Wildman–Crippen LogP) is 4.44. The Hall–Kier alpha value is -3.28. The zero-order valence-electron chi connectivity index (χ0n) is 17.3. The summed E-state index contributed by atoms with van der Waals surface area (Å²) in [5, 5.41) is 3.93. The van der Waals surface area contributed by atoms with Gasteiger partial charge >= 0.3 is 0 Å². The summed E-state index contributed by atoms with van der Waals surface area (Å²) in [6.07, 6.45) is 1.55. The van der Waals surface area contributed by atoms with E-state index in [1.165, 1.54) is 0 Å². The van der Waals surface area contributed by atoms with E-state index in [-0.39, 0.29) is 17.9 Å². The van der Waals surface area contributed by atoms with Crippen LogP contribution in [0.25, 0.3) is 11.0 Å². The van der Waals surface area contributed by atoms with Gasteiger partial charge in [0.15, 0.2) is 11.3 Å². The Bertz CT molecular complexity index is 1050. The lowest BCUT2D eigenvalue weighted by atomic mass is 10.1. The van der Waals surface area contributed by atoms with Crippen molar-refractivity contribution in [2.24, 2.45) is 0 Å². The lowest BCUT2D eigenvalue weighted by Gasteiger charge is -2.16. The van der Waals surface area contributed by atoms with Gasteiger partial charge in [-0.2, -0.15) is 0 Å². The number of fused-ring (bicyclic) bond motifs is 1. The van der Waals surface area contributed by atoms with Crippen LogP contribution in [0.3, 0.4) is 0 Å². The van der Waals surface area contributed by atoms with Crippen molar-refractivity contribution in [1.82, 2.24) is 10.2 Å². The highest BCUT2D eigenvalue weighted by molar-refractivity contribution is 5.94. The van der Waals surface area contributed by atoms with E-state index in [9.17, 15) is 9.59 Å². The van der Waals surface area contributed by atoms with E-state index in [2.05, 4.69) is 5.32 Å². The van der Waals surface area contributed by atoms with Crippen LogP contribution < -0.4 is 10.1 Å². The van der Waals surface area contributed by atoms with E-state index in [1.54, 1.807) is 12.1 Å². The van der Waals surface area contributed by atoms with Crippen LogP contribution in [0, 0.1) is 0 Å². The van der Waals surface area contributed by atoms with Gasteiger partial charge in [0.05, 0.1) is 12.6 Å². The number of hydrogen-bond donors (Lipinski definition) is 1. The molecule has 6 heteroatoms. The van der Waals surface area contributed by atoms with Gasteiger partial charge in [-0.15, -0.1) is 0 Å². The van der Waals surface area contributed by atoms with E-state index in [0.717, 1.165) is 23.9 Å². The number of carbonyl (C=O) groups is 2. The highest BCUT2D eigenvalue weighted by Crippen LogP contribution is 2.31. The van der Waals surface area contributed by atoms with Crippen LogP contribution in [-0.4, -0.2) is 29.9 Å². The molecule has 1 atom stereocenters. The van der Waals surface area contributed by atoms with Crippen molar-refractivity contribution in [3.63, 3.8) is 0 Å². The molecule has 6 nitrogen and oxygen atoms in total. The summed E-state index contributed by atoms with van der Waals surface area (Å²) in [7, 11) is 0. The Morgan fingerprint density at radius 1 is 1.23 bits per heavy atom. The third-order valence-corrected chi connectivity index (χ3v) is 5.36. The minimum Gasteiger partial charge on any atom is -0.490 e. The highest BCUT2D eigenvalue weighted by Gasteiger charge is 2.20. The van der Waals surface area contributed by atoms with Crippen LogP contribution in [0.2, 0.25) is 0 Å². The van der Waals surface area contributed by atoms with Crippen molar-refractivity contribution < 1.29 is 18.7 Å². The molecule has 2 aromatic carbocycles. The number of ether oxygens (including phenoxy) is 1. The van der Waals surface area contributed by atoms with Gasteiger partial charge < -0.3 is 19.4 Å². The van der Waals surface area contributed by atoms with Gasteiger partial charge in [0, 0.05) is 30.5 Å². The molecule has 1 fully saturated rings. The van der Waals surface area contributed by atoms with Gasteiger partial charge in [-0.25, -0.2) is 0 Å². The molecule has 1 aromatic heterocycles. The molecule has 2 heterocycles. The quantitative estimate of drug-likeness (QED) is 0.629. The zero-order valence-corrected chi connectivity index (χ0v) is 17.3. The number of nitrogens with zero attached hydrogens (tertiary/aromatic N) is 1. The van der Waals surface area contributed by atoms with Gasteiger partial charge in [0.25, 0.3) is 5.91 Å². The van der Waals surface area contributed by atoms with Crippen molar-refractivity contribution in [3.8, 4) is 5.75 Å². The fraction of sp³-hybridized carbons (Fsp3) is 0.333. The lowest BCUT2D eigenvalue weighted by molar-refractivity contribution is -0.128. The second-order valence-corrected chi connectivity index (χ2v) is 7.57. The lowest BCUT2D eigenvalue weighted by Crippen LogP contribution is -2.26. The summed E-state index contributed by atoms with van der Waals surface area (Å²) in [4.78, 5) is 26.3. The van der Waals surface area contributed by atoms with Crippen molar-refractivity contribution in [2.45, 2.75) is 39.3 Å². The molecule has 4 rings (SSSR count). The van der Waals surface area contributed by atoms with Crippen LogP contribution in [0.5, 0.6) is 5.75 Å². The maximum absolute atomic E-state index is 12.7.